The Morgan fingerprint density at radius 3 is 2.70 bits per heavy atom. The van der Waals surface area contributed by atoms with Crippen LogP contribution in [0.4, 0.5) is 0 Å². The van der Waals surface area contributed by atoms with Crippen LogP contribution in [0, 0.1) is 5.92 Å². The van der Waals surface area contributed by atoms with Crippen molar-refractivity contribution in [2.24, 2.45) is 5.92 Å². The monoisotopic (exact) mass is 145 g/mol. The highest BCUT2D eigenvalue weighted by Gasteiger charge is 2.28. The molecule has 0 saturated carbocycles. The Balaban J connectivity index is 2.47. The second kappa shape index (κ2) is 2.98. The quantitative estimate of drug-likeness (QED) is 0.460. The summed E-state index contributed by atoms with van der Waals surface area (Å²) in [4.78, 5) is 10.4. The highest BCUT2D eigenvalue weighted by Crippen LogP contribution is 2.14. The topological polar surface area (TPSA) is 69.6 Å². The van der Waals surface area contributed by atoms with E-state index in [1.165, 1.54) is 0 Å². The lowest BCUT2D eigenvalue weighted by atomic mass is 9.98. The van der Waals surface area contributed by atoms with Crippen molar-refractivity contribution in [3.63, 3.8) is 0 Å². The molecule has 58 valence electrons. The molecule has 0 aromatic heterocycles. The molecule has 1 aliphatic rings. The molecule has 1 fully saturated rings. The van der Waals surface area contributed by atoms with Crippen LogP contribution < -0.4 is 5.32 Å². The number of hydrogen-bond donors (Lipinski definition) is 3. The van der Waals surface area contributed by atoms with Crippen molar-refractivity contribution in [1.29, 1.82) is 0 Å². The van der Waals surface area contributed by atoms with Gasteiger partial charge in [-0.1, -0.05) is 0 Å². The van der Waals surface area contributed by atoms with Crippen molar-refractivity contribution < 1.29 is 15.0 Å². The highest BCUT2D eigenvalue weighted by atomic mass is 16.4. The van der Waals surface area contributed by atoms with E-state index in [-0.39, 0.29) is 0 Å². The summed E-state index contributed by atoms with van der Waals surface area (Å²) in [5.41, 5.74) is 0. The molecule has 0 radical (unpaired) electrons. The Hall–Kier alpha value is -0.610. The summed E-state index contributed by atoms with van der Waals surface area (Å²) in [5, 5.41) is 20.2. The summed E-state index contributed by atoms with van der Waals surface area (Å²) in [6, 6.07) is 0. The Morgan fingerprint density at radius 2 is 2.30 bits per heavy atom. The average molecular weight is 145 g/mol. The molecule has 0 aromatic carbocycles. The molecule has 2 atom stereocenters. The van der Waals surface area contributed by atoms with Gasteiger partial charge in [-0.05, 0) is 19.4 Å². The van der Waals surface area contributed by atoms with Crippen LogP contribution in [0.2, 0.25) is 0 Å². The van der Waals surface area contributed by atoms with Crippen molar-refractivity contribution in [3.8, 4) is 0 Å². The van der Waals surface area contributed by atoms with Gasteiger partial charge in [-0.15, -0.1) is 0 Å². The van der Waals surface area contributed by atoms with Crippen LogP contribution in [-0.4, -0.2) is 29.0 Å². The van der Waals surface area contributed by atoms with Crippen molar-refractivity contribution in [2.75, 3.05) is 6.54 Å². The average Bonchev–Trinajstić information content (AvgIpc) is 1.88. The second-order valence-corrected chi connectivity index (χ2v) is 2.49. The van der Waals surface area contributed by atoms with Gasteiger partial charge in [0.1, 0.15) is 6.23 Å². The number of aliphatic hydroxyl groups excluding tert-OH is 1. The zero-order valence-electron chi connectivity index (χ0n) is 5.58. The Labute approximate surface area is 58.9 Å². The van der Waals surface area contributed by atoms with Crippen LogP contribution in [-0.2, 0) is 4.79 Å². The lowest BCUT2D eigenvalue weighted by molar-refractivity contribution is -0.148. The predicted molar refractivity (Wildman–Crippen MR) is 34.4 cm³/mol. The van der Waals surface area contributed by atoms with E-state index >= 15 is 0 Å². The highest BCUT2D eigenvalue weighted by molar-refractivity contribution is 5.70. The fourth-order valence-corrected chi connectivity index (χ4v) is 1.13. The third kappa shape index (κ3) is 1.46. The number of carbonyl (C=O) groups is 1. The fourth-order valence-electron chi connectivity index (χ4n) is 1.13. The van der Waals surface area contributed by atoms with E-state index in [0.29, 0.717) is 13.0 Å². The standard InChI is InChI=1S/C6H11NO3/c8-5-4(6(9)10)2-1-3-7-5/h4-5,7-8H,1-3H2,(H,9,10). The SMILES string of the molecule is O=C(O)C1CCCNC1O. The maximum Gasteiger partial charge on any atom is 0.310 e. The summed E-state index contributed by atoms with van der Waals surface area (Å²) in [6.07, 6.45) is 0.545. The Morgan fingerprint density at radius 1 is 1.60 bits per heavy atom. The van der Waals surface area contributed by atoms with Crippen molar-refractivity contribution >= 4 is 5.97 Å². The zero-order valence-corrected chi connectivity index (χ0v) is 5.58. The molecular formula is C6H11NO3. The minimum absolute atomic E-state index is 0.573. The Kier molecular flexibility index (Phi) is 2.24. The minimum atomic E-state index is -0.917. The molecule has 0 amide bonds. The van der Waals surface area contributed by atoms with Gasteiger partial charge in [-0.25, -0.2) is 0 Å². The van der Waals surface area contributed by atoms with Gasteiger partial charge in [-0.2, -0.15) is 0 Å². The van der Waals surface area contributed by atoms with E-state index in [1.54, 1.807) is 0 Å². The normalized spacial score (nSPS) is 33.7. The molecule has 0 aliphatic carbocycles. The van der Waals surface area contributed by atoms with Crippen LogP contribution >= 0.6 is 0 Å². The van der Waals surface area contributed by atoms with Crippen LogP contribution in [0.25, 0.3) is 0 Å². The molecular weight excluding hydrogens is 134 g/mol. The first-order valence-corrected chi connectivity index (χ1v) is 3.36. The summed E-state index contributed by atoms with van der Waals surface area (Å²) in [5.74, 6) is -1.53. The number of nitrogens with one attached hydrogen (secondary N) is 1. The number of piperidine rings is 1. The summed E-state index contributed by atoms with van der Waals surface area (Å²) in [6.45, 7) is 0.713. The minimum Gasteiger partial charge on any atom is -0.481 e. The van der Waals surface area contributed by atoms with Gasteiger partial charge in [-0.3, -0.25) is 10.1 Å². The van der Waals surface area contributed by atoms with E-state index in [0.717, 1.165) is 6.42 Å². The van der Waals surface area contributed by atoms with Crippen molar-refractivity contribution in [1.82, 2.24) is 5.32 Å². The first-order chi connectivity index (χ1) is 4.72. The summed E-state index contributed by atoms with van der Waals surface area (Å²) < 4.78 is 0. The zero-order chi connectivity index (χ0) is 7.56. The number of carboxylic acids is 1. The predicted octanol–water partition coefficient (Wildman–Crippen LogP) is -0.611. The molecule has 4 nitrogen and oxygen atoms in total. The van der Waals surface area contributed by atoms with E-state index < -0.39 is 18.1 Å². The van der Waals surface area contributed by atoms with Crippen LogP contribution in [0.15, 0.2) is 0 Å². The number of hydrogen-bond acceptors (Lipinski definition) is 3. The molecule has 1 rings (SSSR count). The number of rotatable bonds is 1. The van der Waals surface area contributed by atoms with Crippen LogP contribution in [0.5, 0.6) is 0 Å². The van der Waals surface area contributed by atoms with Crippen molar-refractivity contribution in [3.05, 3.63) is 0 Å². The third-order valence-corrected chi connectivity index (χ3v) is 1.74. The van der Waals surface area contributed by atoms with E-state index in [2.05, 4.69) is 5.32 Å². The molecule has 0 bridgehead atoms. The molecule has 10 heavy (non-hydrogen) atoms. The Bertz CT molecular complexity index is 137. The largest absolute Gasteiger partial charge is 0.481 e. The molecule has 0 spiro atoms. The smallest absolute Gasteiger partial charge is 0.310 e. The van der Waals surface area contributed by atoms with Crippen LogP contribution in [0.1, 0.15) is 12.8 Å². The lowest BCUT2D eigenvalue weighted by Crippen LogP contribution is -2.44. The molecule has 1 heterocycles. The first kappa shape index (κ1) is 7.50. The van der Waals surface area contributed by atoms with E-state index in [1.807, 2.05) is 0 Å². The van der Waals surface area contributed by atoms with Gasteiger partial charge < -0.3 is 10.2 Å². The molecule has 3 N–H and O–H groups in total. The summed E-state index contributed by atoms with van der Waals surface area (Å²) in [7, 11) is 0. The first-order valence-electron chi connectivity index (χ1n) is 3.36. The van der Waals surface area contributed by atoms with Gasteiger partial charge in [0.15, 0.2) is 0 Å². The van der Waals surface area contributed by atoms with Crippen molar-refractivity contribution in [2.45, 2.75) is 19.1 Å². The van der Waals surface area contributed by atoms with Gasteiger partial charge in [0.25, 0.3) is 0 Å². The fraction of sp³-hybridized carbons (Fsp3) is 0.833. The van der Waals surface area contributed by atoms with Gasteiger partial charge >= 0.3 is 5.97 Å². The maximum atomic E-state index is 10.4. The molecule has 2 unspecified atom stereocenters. The van der Waals surface area contributed by atoms with Gasteiger partial charge in [0.2, 0.25) is 0 Å². The number of aliphatic carboxylic acids is 1. The van der Waals surface area contributed by atoms with Crippen LogP contribution in [0.3, 0.4) is 0 Å². The van der Waals surface area contributed by atoms with E-state index in [4.69, 9.17) is 10.2 Å². The maximum absolute atomic E-state index is 10.4. The molecule has 0 aromatic rings. The van der Waals surface area contributed by atoms with Gasteiger partial charge in [0, 0.05) is 0 Å². The van der Waals surface area contributed by atoms with Gasteiger partial charge in [0.05, 0.1) is 5.92 Å². The number of carboxylic acid groups (broad SMARTS) is 1. The summed E-state index contributed by atoms with van der Waals surface area (Å²) >= 11 is 0. The second-order valence-electron chi connectivity index (χ2n) is 2.49. The third-order valence-electron chi connectivity index (χ3n) is 1.74. The molecule has 4 heteroatoms. The molecule has 1 aliphatic heterocycles. The molecule has 1 saturated heterocycles. The number of aliphatic hydroxyl groups is 1. The lowest BCUT2D eigenvalue weighted by Gasteiger charge is -2.24. The van der Waals surface area contributed by atoms with E-state index in [9.17, 15) is 4.79 Å².